The third kappa shape index (κ3) is 5.44. The molecule has 0 aromatic heterocycles. The van der Waals surface area contributed by atoms with Crippen LogP contribution in [0.1, 0.15) is 15.9 Å². The summed E-state index contributed by atoms with van der Waals surface area (Å²) in [4.78, 5) is 26.1. The zero-order chi connectivity index (χ0) is 19.8. The second kappa shape index (κ2) is 9.71. The van der Waals surface area contributed by atoms with Crippen LogP contribution in [0.4, 0.5) is 0 Å². The Morgan fingerprint density at radius 3 is 2.54 bits per heavy atom. The van der Waals surface area contributed by atoms with Gasteiger partial charge in [-0.25, -0.2) is 0 Å². The lowest BCUT2D eigenvalue weighted by molar-refractivity contribution is -0.137. The van der Waals surface area contributed by atoms with E-state index in [9.17, 15) is 9.59 Å². The van der Waals surface area contributed by atoms with Gasteiger partial charge in [0.1, 0.15) is 11.5 Å². The molecule has 1 heterocycles. The Kier molecular flexibility index (Phi) is 6.81. The molecule has 0 N–H and O–H groups in total. The van der Waals surface area contributed by atoms with Crippen molar-refractivity contribution >= 4 is 17.8 Å². The topological polar surface area (TPSA) is 65.1 Å². The van der Waals surface area contributed by atoms with Crippen LogP contribution in [0.3, 0.4) is 0 Å². The number of amides is 1. The van der Waals surface area contributed by atoms with Gasteiger partial charge in [-0.3, -0.25) is 9.59 Å². The molecule has 6 heteroatoms. The molecule has 0 atom stereocenters. The smallest absolute Gasteiger partial charge is 0.260 e. The van der Waals surface area contributed by atoms with Crippen molar-refractivity contribution in [1.29, 1.82) is 0 Å². The van der Waals surface area contributed by atoms with Gasteiger partial charge in [-0.1, -0.05) is 18.2 Å². The highest BCUT2D eigenvalue weighted by Crippen LogP contribution is 2.16. The van der Waals surface area contributed by atoms with Crippen LogP contribution in [0.25, 0.3) is 6.08 Å². The van der Waals surface area contributed by atoms with E-state index in [0.29, 0.717) is 37.6 Å². The van der Waals surface area contributed by atoms with Gasteiger partial charge in [0.2, 0.25) is 0 Å². The Labute approximate surface area is 164 Å². The number of rotatable bonds is 7. The van der Waals surface area contributed by atoms with Gasteiger partial charge in [0.25, 0.3) is 5.91 Å². The number of ketones is 1. The van der Waals surface area contributed by atoms with Gasteiger partial charge in [-0.05, 0) is 48.0 Å². The summed E-state index contributed by atoms with van der Waals surface area (Å²) in [5, 5.41) is 0. The number of morpholine rings is 1. The van der Waals surface area contributed by atoms with Crippen molar-refractivity contribution in [3.05, 3.63) is 65.7 Å². The third-order valence-corrected chi connectivity index (χ3v) is 4.39. The number of carbonyl (C=O) groups excluding carboxylic acids is 2. The van der Waals surface area contributed by atoms with Crippen molar-refractivity contribution in [3.63, 3.8) is 0 Å². The lowest BCUT2D eigenvalue weighted by Gasteiger charge is -2.26. The maximum atomic E-state index is 12.3. The van der Waals surface area contributed by atoms with Crippen LogP contribution in [-0.4, -0.2) is 56.6 Å². The monoisotopic (exact) mass is 381 g/mol. The number of allylic oxidation sites excluding steroid dienone is 1. The van der Waals surface area contributed by atoms with Gasteiger partial charge in [-0.15, -0.1) is 0 Å². The van der Waals surface area contributed by atoms with Crippen LogP contribution in [0, 0.1) is 0 Å². The van der Waals surface area contributed by atoms with Crippen LogP contribution in [0.15, 0.2) is 54.6 Å². The van der Waals surface area contributed by atoms with E-state index in [1.165, 1.54) is 6.08 Å². The quantitative estimate of drug-likeness (QED) is 0.545. The van der Waals surface area contributed by atoms with E-state index in [4.69, 9.17) is 14.2 Å². The van der Waals surface area contributed by atoms with E-state index >= 15 is 0 Å². The maximum Gasteiger partial charge on any atom is 0.260 e. The second-order valence-corrected chi connectivity index (χ2v) is 6.28. The fourth-order valence-corrected chi connectivity index (χ4v) is 2.78. The molecule has 1 fully saturated rings. The summed E-state index contributed by atoms with van der Waals surface area (Å²) < 4.78 is 15.9. The van der Waals surface area contributed by atoms with E-state index in [1.807, 2.05) is 24.3 Å². The molecule has 2 aromatic carbocycles. The minimum atomic E-state index is -0.112. The predicted octanol–water partition coefficient (Wildman–Crippen LogP) is 2.83. The molecule has 1 saturated heterocycles. The number of hydrogen-bond donors (Lipinski definition) is 0. The lowest BCUT2D eigenvalue weighted by atomic mass is 10.1. The van der Waals surface area contributed by atoms with Crippen molar-refractivity contribution in [1.82, 2.24) is 4.90 Å². The summed E-state index contributed by atoms with van der Waals surface area (Å²) in [6, 6.07) is 14.2. The SMILES string of the molecule is COc1cccc(C=CC(=O)c2ccc(OCC(=O)N3CCOCC3)cc2)c1. The summed E-state index contributed by atoms with van der Waals surface area (Å²) in [6.07, 6.45) is 3.27. The highest BCUT2D eigenvalue weighted by molar-refractivity contribution is 6.06. The molecule has 0 aliphatic carbocycles. The molecule has 1 aliphatic heterocycles. The van der Waals surface area contributed by atoms with E-state index in [2.05, 4.69) is 0 Å². The molecule has 6 nitrogen and oxygen atoms in total. The average molecular weight is 381 g/mol. The summed E-state index contributed by atoms with van der Waals surface area (Å²) >= 11 is 0. The first-order chi connectivity index (χ1) is 13.7. The number of ether oxygens (including phenoxy) is 3. The van der Waals surface area contributed by atoms with Gasteiger partial charge in [0, 0.05) is 18.7 Å². The van der Waals surface area contributed by atoms with Crippen molar-refractivity contribution in [2.24, 2.45) is 0 Å². The minimum absolute atomic E-state index is 0.0248. The van der Waals surface area contributed by atoms with Gasteiger partial charge in [0.15, 0.2) is 12.4 Å². The largest absolute Gasteiger partial charge is 0.497 e. The highest BCUT2D eigenvalue weighted by Gasteiger charge is 2.17. The second-order valence-electron chi connectivity index (χ2n) is 6.28. The first-order valence-electron chi connectivity index (χ1n) is 9.10. The fraction of sp³-hybridized carbons (Fsp3) is 0.273. The third-order valence-electron chi connectivity index (χ3n) is 4.39. The first-order valence-corrected chi connectivity index (χ1v) is 9.10. The van der Waals surface area contributed by atoms with E-state index in [0.717, 1.165) is 11.3 Å². The Morgan fingerprint density at radius 2 is 1.82 bits per heavy atom. The van der Waals surface area contributed by atoms with Gasteiger partial charge in [-0.2, -0.15) is 0 Å². The minimum Gasteiger partial charge on any atom is -0.497 e. The Morgan fingerprint density at radius 1 is 1.07 bits per heavy atom. The molecule has 0 radical (unpaired) electrons. The molecule has 0 saturated carbocycles. The highest BCUT2D eigenvalue weighted by atomic mass is 16.5. The fourth-order valence-electron chi connectivity index (χ4n) is 2.78. The van der Waals surface area contributed by atoms with E-state index in [1.54, 1.807) is 42.4 Å². The number of methoxy groups -OCH3 is 1. The molecule has 2 aromatic rings. The van der Waals surface area contributed by atoms with Crippen molar-refractivity contribution in [2.75, 3.05) is 40.0 Å². The predicted molar refractivity (Wildman–Crippen MR) is 106 cm³/mol. The number of nitrogens with zero attached hydrogens (tertiary/aromatic N) is 1. The molecule has 0 spiro atoms. The summed E-state index contributed by atoms with van der Waals surface area (Å²) in [6.45, 7) is 2.28. The molecular formula is C22H23NO5. The summed E-state index contributed by atoms with van der Waals surface area (Å²) in [5.74, 6) is 1.11. The van der Waals surface area contributed by atoms with Crippen LogP contribution in [0.5, 0.6) is 11.5 Å². The van der Waals surface area contributed by atoms with Crippen molar-refractivity contribution in [3.8, 4) is 11.5 Å². The van der Waals surface area contributed by atoms with Crippen LogP contribution in [-0.2, 0) is 9.53 Å². The van der Waals surface area contributed by atoms with Crippen LogP contribution < -0.4 is 9.47 Å². The molecule has 3 rings (SSSR count). The van der Waals surface area contributed by atoms with Crippen molar-refractivity contribution < 1.29 is 23.8 Å². The van der Waals surface area contributed by atoms with E-state index in [-0.39, 0.29) is 18.3 Å². The Bertz CT molecular complexity index is 838. The van der Waals surface area contributed by atoms with Crippen LogP contribution >= 0.6 is 0 Å². The zero-order valence-electron chi connectivity index (χ0n) is 15.8. The molecule has 0 unspecified atom stereocenters. The van der Waals surface area contributed by atoms with Gasteiger partial charge < -0.3 is 19.1 Å². The van der Waals surface area contributed by atoms with Gasteiger partial charge in [0.05, 0.1) is 20.3 Å². The average Bonchev–Trinajstić information content (AvgIpc) is 2.77. The Hall–Kier alpha value is -3.12. The van der Waals surface area contributed by atoms with Gasteiger partial charge >= 0.3 is 0 Å². The zero-order valence-corrected chi connectivity index (χ0v) is 15.8. The molecule has 1 amide bonds. The molecule has 28 heavy (non-hydrogen) atoms. The molecular weight excluding hydrogens is 358 g/mol. The number of hydrogen-bond acceptors (Lipinski definition) is 5. The van der Waals surface area contributed by atoms with Crippen LogP contribution in [0.2, 0.25) is 0 Å². The molecule has 146 valence electrons. The van der Waals surface area contributed by atoms with Crippen molar-refractivity contribution in [2.45, 2.75) is 0 Å². The first kappa shape index (κ1) is 19.6. The molecule has 1 aliphatic rings. The maximum absolute atomic E-state index is 12.3. The Balaban J connectivity index is 1.53. The molecule has 0 bridgehead atoms. The van der Waals surface area contributed by atoms with E-state index < -0.39 is 0 Å². The normalized spacial score (nSPS) is 14.1. The number of carbonyl (C=O) groups is 2. The number of benzene rings is 2. The standard InChI is InChI=1S/C22H23NO5/c1-26-20-4-2-3-17(15-20)5-10-21(24)18-6-8-19(9-7-18)28-16-22(25)23-11-13-27-14-12-23/h2-10,15H,11-14,16H2,1H3. The summed E-state index contributed by atoms with van der Waals surface area (Å²) in [5.41, 5.74) is 1.43. The summed E-state index contributed by atoms with van der Waals surface area (Å²) in [7, 11) is 1.60. The lowest BCUT2D eigenvalue weighted by Crippen LogP contribution is -2.42.